The molecule has 0 atom stereocenters. The lowest BCUT2D eigenvalue weighted by molar-refractivity contribution is -0.146. The molecule has 0 radical (unpaired) electrons. The van der Waals surface area contributed by atoms with Crippen LogP contribution < -0.4 is 4.74 Å². The Kier molecular flexibility index (Phi) is 7.71. The van der Waals surface area contributed by atoms with Crippen LogP contribution in [0.1, 0.15) is 12.0 Å². The molecule has 2 aromatic carbocycles. The van der Waals surface area contributed by atoms with Gasteiger partial charge in [-0.1, -0.05) is 41.9 Å². The van der Waals surface area contributed by atoms with Gasteiger partial charge in [-0.3, -0.25) is 9.69 Å². The lowest BCUT2D eigenvalue weighted by atomic mass is 10.2. The van der Waals surface area contributed by atoms with E-state index in [1.54, 1.807) is 12.1 Å². The van der Waals surface area contributed by atoms with E-state index in [1.165, 1.54) is 17.5 Å². The third-order valence-corrected chi connectivity index (χ3v) is 7.04. The van der Waals surface area contributed by atoms with Gasteiger partial charge in [0.05, 0.1) is 13.7 Å². The molecule has 1 aliphatic rings. The number of sulfonamides is 1. The van der Waals surface area contributed by atoms with E-state index < -0.39 is 10.0 Å². The Hall–Kier alpha value is -2.13. The third-order valence-electron chi connectivity index (χ3n) is 4.89. The van der Waals surface area contributed by atoms with E-state index in [1.807, 2.05) is 35.2 Å². The van der Waals surface area contributed by atoms with Crippen LogP contribution in [0.2, 0.25) is 5.02 Å². The number of nitrogens with zero attached hydrogens (tertiary/aromatic N) is 2. The summed E-state index contributed by atoms with van der Waals surface area (Å²) in [6.45, 7) is 2.02. The van der Waals surface area contributed by atoms with Crippen molar-refractivity contribution in [3.05, 3.63) is 59.1 Å². The lowest BCUT2D eigenvalue weighted by Gasteiger charge is -2.22. The first-order valence-corrected chi connectivity index (χ1v) is 11.5. The van der Waals surface area contributed by atoms with Gasteiger partial charge in [0, 0.05) is 31.2 Å². The Labute approximate surface area is 182 Å². The second kappa shape index (κ2) is 10.3. The fourth-order valence-electron chi connectivity index (χ4n) is 3.30. The number of hydrogen-bond donors (Lipinski definition) is 0. The number of ether oxygens (including phenoxy) is 2. The Bertz CT molecular complexity index is 969. The number of carbonyl (C=O) groups excluding carboxylic acids is 1. The highest BCUT2D eigenvalue weighted by atomic mass is 35.5. The van der Waals surface area contributed by atoms with Crippen LogP contribution >= 0.6 is 11.6 Å². The molecule has 1 fully saturated rings. The van der Waals surface area contributed by atoms with Crippen LogP contribution in [-0.4, -0.2) is 63.4 Å². The minimum Gasteiger partial charge on any atom is -0.495 e. The van der Waals surface area contributed by atoms with E-state index in [0.717, 1.165) is 5.56 Å². The van der Waals surface area contributed by atoms with Crippen LogP contribution in [0.25, 0.3) is 0 Å². The molecule has 0 spiro atoms. The number of hydrogen-bond acceptors (Lipinski definition) is 6. The van der Waals surface area contributed by atoms with Gasteiger partial charge in [-0.15, -0.1) is 0 Å². The summed E-state index contributed by atoms with van der Waals surface area (Å²) in [4.78, 5) is 14.2. The first-order chi connectivity index (χ1) is 14.4. The average Bonchev–Trinajstić information content (AvgIpc) is 2.99. The van der Waals surface area contributed by atoms with Gasteiger partial charge in [0.15, 0.2) is 0 Å². The van der Waals surface area contributed by atoms with Crippen molar-refractivity contribution < 1.29 is 22.7 Å². The van der Waals surface area contributed by atoms with Gasteiger partial charge in [0.2, 0.25) is 10.0 Å². The van der Waals surface area contributed by atoms with Crippen LogP contribution in [0, 0.1) is 0 Å². The van der Waals surface area contributed by atoms with Gasteiger partial charge in [0.1, 0.15) is 17.3 Å². The largest absolute Gasteiger partial charge is 0.495 e. The molecule has 0 aliphatic carbocycles. The quantitative estimate of drug-likeness (QED) is 0.601. The van der Waals surface area contributed by atoms with E-state index in [0.29, 0.717) is 31.1 Å². The highest BCUT2D eigenvalue weighted by molar-refractivity contribution is 7.89. The molecule has 0 amide bonds. The molecule has 0 unspecified atom stereocenters. The molecular formula is C21H25ClN2O5S. The number of carbonyl (C=O) groups is 1. The van der Waals surface area contributed by atoms with Gasteiger partial charge < -0.3 is 9.47 Å². The van der Waals surface area contributed by atoms with Crippen LogP contribution in [0.5, 0.6) is 5.75 Å². The van der Waals surface area contributed by atoms with Crippen LogP contribution in [0.15, 0.2) is 53.4 Å². The van der Waals surface area contributed by atoms with Crippen LogP contribution in [0.3, 0.4) is 0 Å². The first-order valence-electron chi connectivity index (χ1n) is 9.66. The maximum Gasteiger partial charge on any atom is 0.320 e. The van der Waals surface area contributed by atoms with Gasteiger partial charge in [0.25, 0.3) is 0 Å². The fourth-order valence-corrected chi connectivity index (χ4v) is 5.19. The zero-order valence-corrected chi connectivity index (χ0v) is 18.4. The fraction of sp³-hybridized carbons (Fsp3) is 0.381. The second-order valence-electron chi connectivity index (χ2n) is 6.98. The highest BCUT2D eigenvalue weighted by Crippen LogP contribution is 2.30. The summed E-state index contributed by atoms with van der Waals surface area (Å²) in [5, 5.41) is 0.326. The molecule has 0 saturated carbocycles. The minimum absolute atomic E-state index is 0.0493. The number of esters is 1. The summed E-state index contributed by atoms with van der Waals surface area (Å²) in [7, 11) is -2.34. The summed E-state index contributed by atoms with van der Waals surface area (Å²) in [6.07, 6.45) is 0.605. The Morgan fingerprint density at radius 1 is 1.07 bits per heavy atom. The van der Waals surface area contributed by atoms with Crippen molar-refractivity contribution in [3.63, 3.8) is 0 Å². The van der Waals surface area contributed by atoms with Crippen molar-refractivity contribution >= 4 is 27.6 Å². The molecule has 0 N–H and O–H groups in total. The predicted molar refractivity (Wildman–Crippen MR) is 114 cm³/mol. The van der Waals surface area contributed by atoms with Crippen molar-refractivity contribution in [1.82, 2.24) is 9.21 Å². The molecule has 1 heterocycles. The SMILES string of the molecule is COc1ccc(Cl)cc1S(=O)(=O)N1CCCN(CC(=O)OCc2ccccc2)CC1. The van der Waals surface area contributed by atoms with E-state index in [-0.39, 0.29) is 36.3 Å². The Balaban J connectivity index is 1.59. The summed E-state index contributed by atoms with van der Waals surface area (Å²) >= 11 is 6.01. The van der Waals surface area contributed by atoms with Crippen LogP contribution in [0.4, 0.5) is 0 Å². The second-order valence-corrected chi connectivity index (χ2v) is 9.32. The van der Waals surface area contributed by atoms with Gasteiger partial charge in [-0.2, -0.15) is 4.31 Å². The zero-order valence-electron chi connectivity index (χ0n) is 16.8. The predicted octanol–water partition coefficient (Wildman–Crippen LogP) is 2.79. The summed E-state index contributed by atoms with van der Waals surface area (Å²) in [6, 6.07) is 14.0. The highest BCUT2D eigenvalue weighted by Gasteiger charge is 2.30. The van der Waals surface area contributed by atoms with Crippen molar-refractivity contribution in [3.8, 4) is 5.75 Å². The van der Waals surface area contributed by atoms with Gasteiger partial charge >= 0.3 is 5.97 Å². The zero-order chi connectivity index (χ0) is 21.6. The summed E-state index contributed by atoms with van der Waals surface area (Å²) < 4.78 is 38.2. The molecule has 0 bridgehead atoms. The van der Waals surface area contributed by atoms with E-state index in [9.17, 15) is 13.2 Å². The number of benzene rings is 2. The molecule has 9 heteroatoms. The number of methoxy groups -OCH3 is 1. The maximum absolute atomic E-state index is 13.1. The molecule has 162 valence electrons. The number of rotatable bonds is 7. The first kappa shape index (κ1) is 22.6. The monoisotopic (exact) mass is 452 g/mol. The van der Waals surface area contributed by atoms with E-state index in [4.69, 9.17) is 21.1 Å². The standard InChI is InChI=1S/C21H25ClN2O5S/c1-28-19-9-8-18(22)14-20(19)30(26,27)24-11-5-10-23(12-13-24)15-21(25)29-16-17-6-3-2-4-7-17/h2-4,6-9,14H,5,10-13,15-16H2,1H3. The van der Waals surface area contributed by atoms with Gasteiger partial charge in [-0.25, -0.2) is 8.42 Å². The number of halogens is 1. The molecule has 1 aliphatic heterocycles. The molecule has 0 aromatic heterocycles. The third kappa shape index (κ3) is 5.72. The average molecular weight is 453 g/mol. The molecule has 3 rings (SSSR count). The lowest BCUT2D eigenvalue weighted by Crippen LogP contribution is -2.37. The normalized spacial score (nSPS) is 16.1. The maximum atomic E-state index is 13.1. The Morgan fingerprint density at radius 3 is 2.57 bits per heavy atom. The molecule has 2 aromatic rings. The minimum atomic E-state index is -3.77. The van der Waals surface area contributed by atoms with E-state index >= 15 is 0 Å². The Morgan fingerprint density at radius 2 is 1.83 bits per heavy atom. The van der Waals surface area contributed by atoms with E-state index in [2.05, 4.69) is 0 Å². The summed E-state index contributed by atoms with van der Waals surface area (Å²) in [5.41, 5.74) is 0.925. The molecule has 7 nitrogen and oxygen atoms in total. The molecule has 30 heavy (non-hydrogen) atoms. The van der Waals surface area contributed by atoms with Crippen molar-refractivity contribution in [2.24, 2.45) is 0 Å². The van der Waals surface area contributed by atoms with Crippen molar-refractivity contribution in [2.75, 3.05) is 39.8 Å². The van der Waals surface area contributed by atoms with Gasteiger partial charge in [-0.05, 0) is 30.2 Å². The molecular weight excluding hydrogens is 428 g/mol. The topological polar surface area (TPSA) is 76.2 Å². The smallest absolute Gasteiger partial charge is 0.320 e. The molecule has 1 saturated heterocycles. The van der Waals surface area contributed by atoms with Crippen LogP contribution in [-0.2, 0) is 26.2 Å². The summed E-state index contributed by atoms with van der Waals surface area (Å²) in [5.74, 6) is -0.0725. The van der Waals surface area contributed by atoms with Crippen molar-refractivity contribution in [1.29, 1.82) is 0 Å². The van der Waals surface area contributed by atoms with Crippen molar-refractivity contribution in [2.45, 2.75) is 17.9 Å².